The first kappa shape index (κ1) is 21.1. The molecule has 30 heavy (non-hydrogen) atoms. The Hall–Kier alpha value is -3.65. The zero-order chi connectivity index (χ0) is 21.4. The number of nitrogens with zero attached hydrogens (tertiary/aromatic N) is 1. The first-order valence-electron chi connectivity index (χ1n) is 9.12. The fourth-order valence-electron chi connectivity index (χ4n) is 2.46. The van der Waals surface area contributed by atoms with Gasteiger partial charge in [0, 0.05) is 5.69 Å². The molecule has 0 saturated heterocycles. The van der Waals surface area contributed by atoms with Crippen LogP contribution in [0.3, 0.4) is 0 Å². The molecule has 3 rings (SSSR count). The molecule has 154 valence electrons. The van der Waals surface area contributed by atoms with Gasteiger partial charge in [-0.2, -0.15) is 13.5 Å². The minimum absolute atomic E-state index is 0.126. The van der Waals surface area contributed by atoms with Gasteiger partial charge in [-0.1, -0.05) is 35.9 Å². The van der Waals surface area contributed by atoms with Gasteiger partial charge < -0.3 is 10.1 Å². The summed E-state index contributed by atoms with van der Waals surface area (Å²) in [5.74, 6) is 0.243. The van der Waals surface area contributed by atoms with Gasteiger partial charge >= 0.3 is 0 Å². The van der Waals surface area contributed by atoms with Crippen LogP contribution in [-0.4, -0.2) is 27.1 Å². The van der Waals surface area contributed by atoms with Gasteiger partial charge in [0.2, 0.25) is 0 Å². The molecule has 7 nitrogen and oxygen atoms in total. The third kappa shape index (κ3) is 6.18. The fourth-order valence-corrected chi connectivity index (χ4v) is 3.25. The summed E-state index contributed by atoms with van der Waals surface area (Å²) >= 11 is 0. The van der Waals surface area contributed by atoms with Gasteiger partial charge in [0.15, 0.2) is 6.61 Å². The van der Waals surface area contributed by atoms with Crippen LogP contribution in [0.25, 0.3) is 0 Å². The van der Waals surface area contributed by atoms with Crippen LogP contribution in [0, 0.1) is 6.92 Å². The smallest absolute Gasteiger partial charge is 0.276 e. The molecule has 0 saturated carbocycles. The third-order valence-electron chi connectivity index (χ3n) is 4.03. The van der Waals surface area contributed by atoms with Crippen molar-refractivity contribution in [1.29, 1.82) is 0 Å². The number of rotatable bonds is 8. The monoisotopic (exact) mass is 423 g/mol. The van der Waals surface area contributed by atoms with Crippen molar-refractivity contribution in [3.8, 4) is 5.75 Å². The van der Waals surface area contributed by atoms with Gasteiger partial charge in [-0.25, -0.2) is 4.83 Å². The average molecular weight is 423 g/mol. The highest BCUT2D eigenvalue weighted by atomic mass is 32.2. The Balaban J connectivity index is 1.50. The van der Waals surface area contributed by atoms with Crippen molar-refractivity contribution in [2.24, 2.45) is 5.10 Å². The lowest BCUT2D eigenvalue weighted by molar-refractivity contribution is -0.118. The Kier molecular flexibility index (Phi) is 6.82. The Bertz CT molecular complexity index is 1110. The Morgan fingerprint density at radius 2 is 1.63 bits per heavy atom. The largest absolute Gasteiger partial charge is 0.484 e. The van der Waals surface area contributed by atoms with Gasteiger partial charge in [-0.05, 0) is 61.0 Å². The maximum absolute atomic E-state index is 12.2. The lowest BCUT2D eigenvalue weighted by Gasteiger charge is -2.07. The molecule has 0 radical (unpaired) electrons. The number of nitrogens with one attached hydrogen (secondary N) is 2. The normalized spacial score (nSPS) is 11.2. The molecule has 0 heterocycles. The van der Waals surface area contributed by atoms with Crippen molar-refractivity contribution < 1.29 is 17.9 Å². The molecule has 3 aromatic rings. The number of hydrogen-bond acceptors (Lipinski definition) is 5. The molecule has 0 aliphatic heterocycles. The second-order valence-corrected chi connectivity index (χ2v) is 8.10. The highest BCUT2D eigenvalue weighted by Crippen LogP contribution is 2.12. The van der Waals surface area contributed by atoms with E-state index in [2.05, 4.69) is 15.2 Å². The zero-order valence-electron chi connectivity index (χ0n) is 16.3. The SMILES string of the molecule is Cc1ccc(S(=O)(=O)N/N=C\c2ccc(OCC(=O)Nc3ccccc3)cc2)cc1. The maximum atomic E-state index is 12.2. The molecule has 0 fully saturated rings. The van der Waals surface area contributed by atoms with Gasteiger partial charge in [0.1, 0.15) is 5.75 Å². The summed E-state index contributed by atoms with van der Waals surface area (Å²) in [5, 5.41) is 6.53. The van der Waals surface area contributed by atoms with E-state index in [-0.39, 0.29) is 17.4 Å². The molecule has 0 aliphatic rings. The number of ether oxygens (including phenoxy) is 1. The van der Waals surface area contributed by atoms with E-state index in [4.69, 9.17) is 4.74 Å². The minimum atomic E-state index is -3.72. The molecule has 0 spiro atoms. The van der Waals surface area contributed by atoms with Crippen LogP contribution in [0.1, 0.15) is 11.1 Å². The highest BCUT2D eigenvalue weighted by Gasteiger charge is 2.11. The minimum Gasteiger partial charge on any atom is -0.484 e. The summed E-state index contributed by atoms with van der Waals surface area (Å²) in [5.41, 5.74) is 2.34. The Labute approximate surface area is 175 Å². The predicted molar refractivity (Wildman–Crippen MR) is 116 cm³/mol. The Morgan fingerprint density at radius 3 is 2.30 bits per heavy atom. The van der Waals surface area contributed by atoms with E-state index in [1.165, 1.54) is 18.3 Å². The van der Waals surface area contributed by atoms with Crippen molar-refractivity contribution in [3.05, 3.63) is 90.0 Å². The summed E-state index contributed by atoms with van der Waals surface area (Å²) in [6.45, 7) is 1.75. The number of sulfonamides is 1. The van der Waals surface area contributed by atoms with Gasteiger partial charge in [-0.3, -0.25) is 4.79 Å². The standard InChI is InChI=1S/C22H21N3O4S/c1-17-7-13-21(14-8-17)30(27,28)25-23-15-18-9-11-20(12-10-18)29-16-22(26)24-19-5-3-2-4-6-19/h2-15,25H,16H2,1H3,(H,24,26)/b23-15-. The molecule has 3 aromatic carbocycles. The van der Waals surface area contributed by atoms with E-state index in [9.17, 15) is 13.2 Å². The van der Waals surface area contributed by atoms with E-state index >= 15 is 0 Å². The zero-order valence-corrected chi connectivity index (χ0v) is 17.1. The number of amides is 1. The van der Waals surface area contributed by atoms with Crippen LogP contribution < -0.4 is 14.9 Å². The summed E-state index contributed by atoms with van der Waals surface area (Å²) in [7, 11) is -3.72. The summed E-state index contributed by atoms with van der Waals surface area (Å²) in [4.78, 5) is 14.2. The lowest BCUT2D eigenvalue weighted by atomic mass is 10.2. The number of carbonyl (C=O) groups is 1. The predicted octanol–water partition coefficient (Wildman–Crippen LogP) is 3.32. The van der Waals surface area contributed by atoms with E-state index in [1.807, 2.05) is 25.1 Å². The number of aryl methyl sites for hydroxylation is 1. The Morgan fingerprint density at radius 1 is 0.967 bits per heavy atom. The van der Waals surface area contributed by atoms with Crippen molar-refractivity contribution in [3.63, 3.8) is 0 Å². The molecule has 0 bridgehead atoms. The van der Waals surface area contributed by atoms with Gasteiger partial charge in [0.05, 0.1) is 11.1 Å². The molecule has 0 atom stereocenters. The quantitative estimate of drug-likeness (QED) is 0.429. The topological polar surface area (TPSA) is 96.9 Å². The van der Waals surface area contributed by atoms with Crippen molar-refractivity contribution in [2.75, 3.05) is 11.9 Å². The molecule has 0 unspecified atom stereocenters. The van der Waals surface area contributed by atoms with Crippen LogP contribution in [-0.2, 0) is 14.8 Å². The summed E-state index contributed by atoms with van der Waals surface area (Å²) < 4.78 is 29.8. The molecule has 0 aliphatic carbocycles. The van der Waals surface area contributed by atoms with Crippen LogP contribution in [0.4, 0.5) is 5.69 Å². The molecular formula is C22H21N3O4S. The van der Waals surface area contributed by atoms with Crippen molar-refractivity contribution in [1.82, 2.24) is 4.83 Å². The fraction of sp³-hybridized carbons (Fsp3) is 0.0909. The molecular weight excluding hydrogens is 402 g/mol. The van der Waals surface area contributed by atoms with E-state index in [0.717, 1.165) is 5.56 Å². The van der Waals surface area contributed by atoms with Gasteiger partial charge in [-0.15, -0.1) is 0 Å². The highest BCUT2D eigenvalue weighted by molar-refractivity contribution is 7.89. The molecule has 1 amide bonds. The second-order valence-electron chi connectivity index (χ2n) is 6.44. The molecule has 0 aromatic heterocycles. The maximum Gasteiger partial charge on any atom is 0.276 e. The number of carbonyl (C=O) groups excluding carboxylic acids is 1. The van der Waals surface area contributed by atoms with E-state index in [1.54, 1.807) is 48.5 Å². The van der Waals surface area contributed by atoms with Crippen LogP contribution >= 0.6 is 0 Å². The van der Waals surface area contributed by atoms with E-state index in [0.29, 0.717) is 17.0 Å². The molecule has 8 heteroatoms. The van der Waals surface area contributed by atoms with Crippen molar-refractivity contribution in [2.45, 2.75) is 11.8 Å². The number of para-hydroxylation sites is 1. The van der Waals surface area contributed by atoms with Gasteiger partial charge in [0.25, 0.3) is 15.9 Å². The third-order valence-corrected chi connectivity index (χ3v) is 5.26. The van der Waals surface area contributed by atoms with Crippen LogP contribution in [0.2, 0.25) is 0 Å². The summed E-state index contributed by atoms with van der Waals surface area (Å²) in [6, 6.07) is 22.3. The summed E-state index contributed by atoms with van der Waals surface area (Å²) in [6.07, 6.45) is 1.39. The first-order valence-corrected chi connectivity index (χ1v) is 10.6. The first-order chi connectivity index (χ1) is 14.4. The van der Waals surface area contributed by atoms with E-state index < -0.39 is 10.0 Å². The second kappa shape index (κ2) is 9.71. The van der Waals surface area contributed by atoms with Crippen molar-refractivity contribution >= 4 is 27.8 Å². The number of anilines is 1. The number of hydrazone groups is 1. The van der Waals surface area contributed by atoms with Crippen LogP contribution in [0.5, 0.6) is 5.75 Å². The number of hydrogen-bond donors (Lipinski definition) is 2. The lowest BCUT2D eigenvalue weighted by Crippen LogP contribution is -2.20. The molecule has 2 N–H and O–H groups in total. The average Bonchev–Trinajstić information content (AvgIpc) is 2.74. The number of benzene rings is 3. The van der Waals surface area contributed by atoms with Crippen LogP contribution in [0.15, 0.2) is 88.9 Å².